The number of ether oxygens (including phenoxy) is 2. The molecule has 0 bridgehead atoms. The molecule has 1 saturated heterocycles. The summed E-state index contributed by atoms with van der Waals surface area (Å²) in [5, 5.41) is 21.8. The largest absolute Gasteiger partial charge is 0.471 e. The van der Waals surface area contributed by atoms with Gasteiger partial charge in [-0.15, -0.1) is 0 Å². The molecular formula is C18H25F3N6O6. The summed E-state index contributed by atoms with van der Waals surface area (Å²) in [6, 6.07) is 0. The molecule has 12 nitrogen and oxygen atoms in total. The Morgan fingerprint density at radius 2 is 2.06 bits per heavy atom. The van der Waals surface area contributed by atoms with Gasteiger partial charge in [0.15, 0.2) is 17.4 Å². The molecule has 3 rings (SSSR count). The van der Waals surface area contributed by atoms with E-state index < -0.39 is 48.8 Å². The number of hydrogen-bond acceptors (Lipinski definition) is 9. The van der Waals surface area contributed by atoms with Gasteiger partial charge in [-0.3, -0.25) is 19.1 Å². The number of nitrogens with zero attached hydrogens (tertiary/aromatic N) is 3. The van der Waals surface area contributed by atoms with Gasteiger partial charge in [0.1, 0.15) is 18.3 Å². The van der Waals surface area contributed by atoms with Gasteiger partial charge in [0, 0.05) is 13.2 Å². The van der Waals surface area contributed by atoms with E-state index in [9.17, 15) is 33.0 Å². The predicted octanol–water partition coefficient (Wildman–Crippen LogP) is -0.424. The van der Waals surface area contributed by atoms with Crippen molar-refractivity contribution < 1.29 is 37.7 Å². The van der Waals surface area contributed by atoms with E-state index in [2.05, 4.69) is 15.0 Å². The first kappa shape index (κ1) is 24.9. The molecule has 33 heavy (non-hydrogen) atoms. The van der Waals surface area contributed by atoms with Gasteiger partial charge in [-0.2, -0.15) is 18.2 Å². The number of nitrogen functional groups attached to an aromatic ring is 1. The highest BCUT2D eigenvalue weighted by atomic mass is 19.4. The number of hydrogen-bond donors (Lipinski definition) is 5. The zero-order valence-corrected chi connectivity index (χ0v) is 17.4. The number of H-pyrrole nitrogens is 1. The summed E-state index contributed by atoms with van der Waals surface area (Å²) in [5.41, 5.74) is 5.21. The second-order valence-corrected chi connectivity index (χ2v) is 7.52. The normalized spacial score (nSPS) is 23.3. The van der Waals surface area contributed by atoms with Gasteiger partial charge in [-0.1, -0.05) is 12.8 Å². The molecule has 0 spiro atoms. The third-order valence-corrected chi connectivity index (χ3v) is 5.14. The zero-order chi connectivity index (χ0) is 24.2. The first-order valence-electron chi connectivity index (χ1n) is 10.3. The highest BCUT2D eigenvalue weighted by Gasteiger charge is 2.46. The molecule has 184 valence electrons. The van der Waals surface area contributed by atoms with Crippen molar-refractivity contribution in [2.75, 3.05) is 25.5 Å². The number of rotatable bonds is 10. The second kappa shape index (κ2) is 10.5. The maximum Gasteiger partial charge on any atom is 0.471 e. The van der Waals surface area contributed by atoms with E-state index in [0.717, 1.165) is 0 Å². The second-order valence-electron chi connectivity index (χ2n) is 7.52. The van der Waals surface area contributed by atoms with Gasteiger partial charge in [-0.05, 0) is 12.8 Å². The van der Waals surface area contributed by atoms with Crippen molar-refractivity contribution in [3.05, 3.63) is 16.7 Å². The summed E-state index contributed by atoms with van der Waals surface area (Å²) in [4.78, 5) is 33.1. The Bertz CT molecular complexity index is 1010. The zero-order valence-electron chi connectivity index (χ0n) is 17.4. The van der Waals surface area contributed by atoms with Crippen LogP contribution in [0, 0.1) is 0 Å². The predicted molar refractivity (Wildman–Crippen MR) is 107 cm³/mol. The van der Waals surface area contributed by atoms with Crippen molar-refractivity contribution >= 4 is 23.0 Å². The molecule has 0 radical (unpaired) electrons. The first-order valence-corrected chi connectivity index (χ1v) is 10.3. The van der Waals surface area contributed by atoms with E-state index in [4.69, 9.17) is 15.2 Å². The highest BCUT2D eigenvalue weighted by molar-refractivity contribution is 5.81. The lowest BCUT2D eigenvalue weighted by molar-refractivity contribution is -0.173. The van der Waals surface area contributed by atoms with Crippen LogP contribution in [-0.2, 0) is 14.3 Å². The fourth-order valence-corrected chi connectivity index (χ4v) is 3.50. The Balaban J connectivity index is 1.53. The number of carbonyl (C=O) groups excluding carboxylic acids is 1. The van der Waals surface area contributed by atoms with Crippen LogP contribution in [0.3, 0.4) is 0 Å². The fraction of sp³-hybridized carbons (Fsp3) is 0.667. The minimum Gasteiger partial charge on any atom is -0.394 e. The van der Waals surface area contributed by atoms with E-state index >= 15 is 0 Å². The number of aliphatic hydroxyl groups excluding tert-OH is 2. The summed E-state index contributed by atoms with van der Waals surface area (Å²) in [6.07, 6.45) is -5.47. The number of aromatic nitrogens is 4. The van der Waals surface area contributed by atoms with Crippen LogP contribution in [0.2, 0.25) is 0 Å². The molecule has 1 aliphatic heterocycles. The number of nitrogens with one attached hydrogen (secondary N) is 2. The Hall–Kier alpha value is -2.75. The average Bonchev–Trinajstić information content (AvgIpc) is 3.30. The topological polar surface area (TPSA) is 178 Å². The molecule has 2 aromatic rings. The summed E-state index contributed by atoms with van der Waals surface area (Å²) < 4.78 is 49.2. The number of aliphatic hydroxyl groups is 2. The van der Waals surface area contributed by atoms with Crippen molar-refractivity contribution in [1.82, 2.24) is 24.8 Å². The molecule has 3 heterocycles. The van der Waals surface area contributed by atoms with Crippen molar-refractivity contribution in [3.8, 4) is 0 Å². The van der Waals surface area contributed by atoms with Gasteiger partial charge < -0.3 is 30.7 Å². The third-order valence-electron chi connectivity index (χ3n) is 5.14. The number of amides is 1. The molecule has 15 heteroatoms. The van der Waals surface area contributed by atoms with Crippen LogP contribution in [0.25, 0.3) is 11.2 Å². The number of nitrogens with two attached hydrogens (primary N) is 1. The molecular weight excluding hydrogens is 453 g/mol. The summed E-state index contributed by atoms with van der Waals surface area (Å²) >= 11 is 0. The molecule has 0 saturated carbocycles. The van der Waals surface area contributed by atoms with Gasteiger partial charge in [-0.25, -0.2) is 4.98 Å². The van der Waals surface area contributed by atoms with Gasteiger partial charge >= 0.3 is 12.1 Å². The summed E-state index contributed by atoms with van der Waals surface area (Å²) in [5.74, 6) is -2.09. The average molecular weight is 478 g/mol. The van der Waals surface area contributed by atoms with Crippen molar-refractivity contribution in [2.45, 2.75) is 56.4 Å². The minimum atomic E-state index is -4.89. The fourth-order valence-electron chi connectivity index (χ4n) is 3.50. The Morgan fingerprint density at radius 1 is 1.33 bits per heavy atom. The van der Waals surface area contributed by atoms with Crippen molar-refractivity contribution in [1.29, 1.82) is 0 Å². The summed E-state index contributed by atoms with van der Waals surface area (Å²) in [7, 11) is 0. The maximum absolute atomic E-state index is 12.1. The van der Waals surface area contributed by atoms with E-state index in [1.54, 1.807) is 5.32 Å². The SMILES string of the molecule is Nc1nc2c(ncn2[C@@H]2O[C@H](CO)[C@H](O)C2OCCCCCCNC(=O)C(F)(F)F)c(=O)[nH]1. The van der Waals surface area contributed by atoms with E-state index in [1.165, 1.54) is 10.9 Å². The smallest absolute Gasteiger partial charge is 0.394 e. The van der Waals surface area contributed by atoms with E-state index in [0.29, 0.717) is 25.7 Å². The van der Waals surface area contributed by atoms with Gasteiger partial charge in [0.2, 0.25) is 5.95 Å². The lowest BCUT2D eigenvalue weighted by Crippen LogP contribution is -2.37. The van der Waals surface area contributed by atoms with Crippen LogP contribution in [0.5, 0.6) is 0 Å². The molecule has 0 aromatic carbocycles. The number of imidazole rings is 1. The van der Waals surface area contributed by atoms with Gasteiger partial charge in [0.25, 0.3) is 5.56 Å². The van der Waals surface area contributed by atoms with Crippen LogP contribution in [0.15, 0.2) is 11.1 Å². The van der Waals surface area contributed by atoms with E-state index in [-0.39, 0.29) is 30.3 Å². The van der Waals surface area contributed by atoms with Crippen molar-refractivity contribution in [3.63, 3.8) is 0 Å². The number of carbonyl (C=O) groups is 1. The van der Waals surface area contributed by atoms with Crippen LogP contribution < -0.4 is 16.6 Å². The molecule has 0 aliphatic carbocycles. The Morgan fingerprint density at radius 3 is 2.76 bits per heavy atom. The number of alkyl halides is 3. The molecule has 1 aliphatic rings. The quantitative estimate of drug-likeness (QED) is 0.284. The number of halogens is 3. The van der Waals surface area contributed by atoms with Crippen LogP contribution in [0.1, 0.15) is 31.9 Å². The summed E-state index contributed by atoms with van der Waals surface area (Å²) in [6.45, 7) is -0.362. The lowest BCUT2D eigenvalue weighted by atomic mass is 10.1. The number of aromatic amines is 1. The minimum absolute atomic E-state index is 0.0195. The first-order chi connectivity index (χ1) is 15.6. The van der Waals surface area contributed by atoms with Crippen LogP contribution in [0.4, 0.5) is 19.1 Å². The molecule has 2 aromatic heterocycles. The maximum atomic E-state index is 12.1. The molecule has 1 unspecified atom stereocenters. The number of fused-ring (bicyclic) bond motifs is 1. The number of unbranched alkanes of at least 4 members (excludes halogenated alkanes) is 3. The molecule has 1 fully saturated rings. The van der Waals surface area contributed by atoms with Crippen molar-refractivity contribution in [2.24, 2.45) is 0 Å². The van der Waals surface area contributed by atoms with E-state index in [1.807, 2.05) is 0 Å². The van der Waals surface area contributed by atoms with Gasteiger partial charge in [0.05, 0.1) is 12.9 Å². The van der Waals surface area contributed by atoms with Crippen LogP contribution >= 0.6 is 0 Å². The standard InChI is InChI=1S/C18H25F3N6O6/c19-18(20,21)16(31)23-5-3-1-2-4-6-32-12-11(29)9(7-28)33-15(12)27-8-24-10-13(27)25-17(22)26-14(10)30/h8-9,11-12,15,28-29H,1-7H2,(H,23,31)(H3,22,25,26,30)/t9-,11+,12?,15-/m1/s1. The number of anilines is 1. The Kier molecular flexibility index (Phi) is 7.88. The molecule has 6 N–H and O–H groups in total. The molecule has 4 atom stereocenters. The molecule has 1 amide bonds. The third kappa shape index (κ3) is 5.79. The monoisotopic (exact) mass is 478 g/mol. The van der Waals surface area contributed by atoms with Crippen LogP contribution in [-0.4, -0.2) is 79.9 Å². The lowest BCUT2D eigenvalue weighted by Gasteiger charge is -2.22. The Labute approximate surface area is 184 Å². The highest BCUT2D eigenvalue weighted by Crippen LogP contribution is 2.33.